The molecular formula is C16H24N2O3S. The summed E-state index contributed by atoms with van der Waals surface area (Å²) in [5.41, 5.74) is 1.26. The summed E-state index contributed by atoms with van der Waals surface area (Å²) in [6.07, 6.45) is 8.22. The lowest BCUT2D eigenvalue weighted by Gasteiger charge is -2.45. The Morgan fingerprint density at radius 2 is 2.09 bits per heavy atom. The number of ether oxygens (including phenoxy) is 1. The van der Waals surface area contributed by atoms with Crippen LogP contribution in [-0.2, 0) is 21.2 Å². The Morgan fingerprint density at radius 3 is 2.64 bits per heavy atom. The second kappa shape index (κ2) is 6.26. The molecule has 2 fully saturated rings. The fraction of sp³-hybridized carbons (Fsp3) is 0.688. The van der Waals surface area contributed by atoms with E-state index < -0.39 is 10.0 Å². The van der Waals surface area contributed by atoms with Crippen LogP contribution in [0.2, 0.25) is 0 Å². The third kappa shape index (κ3) is 3.67. The normalized spacial score (nSPS) is 26.1. The van der Waals surface area contributed by atoms with Crippen LogP contribution in [0, 0.1) is 5.41 Å². The summed E-state index contributed by atoms with van der Waals surface area (Å²) < 4.78 is 30.9. The third-order valence-electron chi connectivity index (χ3n) is 5.04. The van der Waals surface area contributed by atoms with Crippen molar-refractivity contribution in [3.63, 3.8) is 0 Å². The van der Waals surface area contributed by atoms with Crippen molar-refractivity contribution in [1.29, 1.82) is 0 Å². The summed E-state index contributed by atoms with van der Waals surface area (Å²) in [5, 5.41) is 0. The lowest BCUT2D eigenvalue weighted by molar-refractivity contribution is -0.0794. The van der Waals surface area contributed by atoms with Crippen LogP contribution in [0.1, 0.15) is 31.4 Å². The van der Waals surface area contributed by atoms with Crippen molar-refractivity contribution < 1.29 is 13.2 Å². The fourth-order valence-electron chi connectivity index (χ4n) is 3.52. The van der Waals surface area contributed by atoms with Crippen molar-refractivity contribution in [1.82, 2.24) is 9.29 Å². The van der Waals surface area contributed by atoms with Crippen molar-refractivity contribution in [3.05, 3.63) is 30.1 Å². The molecule has 0 saturated carbocycles. The first-order chi connectivity index (χ1) is 10.5. The number of rotatable bonds is 3. The molecule has 1 unspecified atom stereocenters. The van der Waals surface area contributed by atoms with Gasteiger partial charge in [0.05, 0.1) is 19.0 Å². The Kier molecular flexibility index (Phi) is 4.52. The first-order valence-electron chi connectivity index (χ1n) is 7.94. The molecule has 3 heterocycles. The maximum absolute atomic E-state index is 11.6. The zero-order chi connectivity index (χ0) is 15.6. The Balaban J connectivity index is 1.52. The van der Waals surface area contributed by atoms with Crippen molar-refractivity contribution in [2.45, 2.75) is 38.2 Å². The summed E-state index contributed by atoms with van der Waals surface area (Å²) in [6, 6.07) is 5.97. The van der Waals surface area contributed by atoms with Crippen molar-refractivity contribution in [2.75, 3.05) is 26.0 Å². The van der Waals surface area contributed by atoms with Gasteiger partial charge >= 0.3 is 0 Å². The molecule has 2 saturated heterocycles. The van der Waals surface area contributed by atoms with Crippen LogP contribution in [0.15, 0.2) is 24.4 Å². The minimum absolute atomic E-state index is 0.182. The van der Waals surface area contributed by atoms with E-state index in [1.54, 1.807) is 4.31 Å². The molecular weight excluding hydrogens is 300 g/mol. The smallest absolute Gasteiger partial charge is 0.211 e. The van der Waals surface area contributed by atoms with Gasteiger partial charge in [-0.15, -0.1) is 0 Å². The molecule has 6 heteroatoms. The monoisotopic (exact) mass is 324 g/mol. The molecule has 3 rings (SSSR count). The number of pyridine rings is 1. The molecule has 1 aromatic heterocycles. The standard InChI is InChI=1S/C16H24N2O3S/c1-22(19,20)18-10-7-16(8-11-18)6-5-15(21-13-16)12-14-4-2-3-9-17-14/h2-4,9,15H,5-8,10-13H2,1H3. The van der Waals surface area contributed by atoms with Gasteiger partial charge in [-0.05, 0) is 43.2 Å². The molecule has 0 N–H and O–H groups in total. The van der Waals surface area contributed by atoms with E-state index in [4.69, 9.17) is 4.74 Å². The van der Waals surface area contributed by atoms with E-state index in [0.29, 0.717) is 13.1 Å². The van der Waals surface area contributed by atoms with Crippen molar-refractivity contribution in [3.8, 4) is 0 Å². The number of nitrogens with zero attached hydrogens (tertiary/aromatic N) is 2. The summed E-state index contributed by atoms with van der Waals surface area (Å²) in [6.45, 7) is 2.02. The van der Waals surface area contributed by atoms with Gasteiger partial charge in [-0.25, -0.2) is 12.7 Å². The number of hydrogen-bond acceptors (Lipinski definition) is 4. The van der Waals surface area contributed by atoms with Gasteiger partial charge in [0.25, 0.3) is 0 Å². The highest BCUT2D eigenvalue weighted by Gasteiger charge is 2.40. The molecule has 1 spiro atoms. The van der Waals surface area contributed by atoms with Crippen LogP contribution < -0.4 is 0 Å². The molecule has 1 atom stereocenters. The van der Waals surface area contributed by atoms with Gasteiger partial charge in [0.1, 0.15) is 0 Å². The van der Waals surface area contributed by atoms with Crippen LogP contribution >= 0.6 is 0 Å². The van der Waals surface area contributed by atoms with Crippen LogP contribution in [0.5, 0.6) is 0 Å². The average Bonchev–Trinajstić information content (AvgIpc) is 2.51. The lowest BCUT2D eigenvalue weighted by Crippen LogP contribution is -2.47. The summed E-state index contributed by atoms with van der Waals surface area (Å²) in [7, 11) is -3.05. The predicted molar refractivity (Wildman–Crippen MR) is 85.0 cm³/mol. The quantitative estimate of drug-likeness (QED) is 0.851. The largest absolute Gasteiger partial charge is 0.377 e. The van der Waals surface area contributed by atoms with Crippen LogP contribution in [-0.4, -0.2) is 49.8 Å². The fourth-order valence-corrected chi connectivity index (χ4v) is 4.36. The van der Waals surface area contributed by atoms with Crippen LogP contribution in [0.4, 0.5) is 0 Å². The molecule has 2 aliphatic rings. The average molecular weight is 324 g/mol. The topological polar surface area (TPSA) is 59.5 Å². The molecule has 0 aliphatic carbocycles. The zero-order valence-electron chi connectivity index (χ0n) is 13.1. The maximum Gasteiger partial charge on any atom is 0.211 e. The Labute approximate surface area is 132 Å². The first kappa shape index (κ1) is 15.9. The molecule has 0 radical (unpaired) electrons. The minimum Gasteiger partial charge on any atom is -0.377 e. The van der Waals surface area contributed by atoms with E-state index in [2.05, 4.69) is 4.98 Å². The molecule has 0 amide bonds. The minimum atomic E-state index is -3.05. The molecule has 0 bridgehead atoms. The summed E-state index contributed by atoms with van der Waals surface area (Å²) in [4.78, 5) is 4.36. The molecule has 2 aliphatic heterocycles. The Bertz CT molecular complexity index is 585. The van der Waals surface area contributed by atoms with E-state index in [1.165, 1.54) is 6.26 Å². The highest BCUT2D eigenvalue weighted by atomic mass is 32.2. The Hall–Kier alpha value is -0.980. The van der Waals surface area contributed by atoms with Gasteiger partial charge in [0.15, 0.2) is 0 Å². The summed E-state index contributed by atoms with van der Waals surface area (Å²) >= 11 is 0. The molecule has 1 aromatic rings. The van der Waals surface area contributed by atoms with Crippen LogP contribution in [0.25, 0.3) is 0 Å². The number of aromatic nitrogens is 1. The maximum atomic E-state index is 11.6. The van der Waals surface area contributed by atoms with Gasteiger partial charge in [0.2, 0.25) is 10.0 Å². The Morgan fingerprint density at radius 1 is 1.32 bits per heavy atom. The van der Waals surface area contributed by atoms with Crippen molar-refractivity contribution in [2.24, 2.45) is 5.41 Å². The van der Waals surface area contributed by atoms with Gasteiger partial charge in [0, 0.05) is 31.4 Å². The first-order valence-corrected chi connectivity index (χ1v) is 9.78. The second-order valence-electron chi connectivity index (χ2n) is 6.66. The van der Waals surface area contributed by atoms with Gasteiger partial charge in [-0.1, -0.05) is 6.07 Å². The van der Waals surface area contributed by atoms with Gasteiger partial charge in [-0.2, -0.15) is 0 Å². The van der Waals surface area contributed by atoms with Gasteiger partial charge in [-0.3, -0.25) is 4.98 Å². The van der Waals surface area contributed by atoms with E-state index in [9.17, 15) is 8.42 Å². The molecule has 22 heavy (non-hydrogen) atoms. The lowest BCUT2D eigenvalue weighted by atomic mass is 9.73. The molecule has 0 aromatic carbocycles. The molecule has 5 nitrogen and oxygen atoms in total. The SMILES string of the molecule is CS(=O)(=O)N1CCC2(CCC(Cc3ccccn3)OC2)CC1. The predicted octanol–water partition coefficient (Wildman–Crippen LogP) is 1.84. The van der Waals surface area contributed by atoms with E-state index in [0.717, 1.165) is 44.4 Å². The number of piperidine rings is 1. The van der Waals surface area contributed by atoms with E-state index >= 15 is 0 Å². The van der Waals surface area contributed by atoms with Crippen molar-refractivity contribution >= 4 is 10.0 Å². The summed E-state index contributed by atoms with van der Waals surface area (Å²) in [5.74, 6) is 0. The number of hydrogen-bond donors (Lipinski definition) is 0. The zero-order valence-corrected chi connectivity index (χ0v) is 13.9. The van der Waals surface area contributed by atoms with Gasteiger partial charge < -0.3 is 4.74 Å². The molecule has 122 valence electrons. The third-order valence-corrected chi connectivity index (χ3v) is 6.34. The van der Waals surface area contributed by atoms with E-state index in [-0.39, 0.29) is 11.5 Å². The second-order valence-corrected chi connectivity index (χ2v) is 8.64. The highest BCUT2D eigenvalue weighted by Crippen LogP contribution is 2.41. The number of sulfonamides is 1. The van der Waals surface area contributed by atoms with E-state index in [1.807, 2.05) is 24.4 Å². The highest BCUT2D eigenvalue weighted by molar-refractivity contribution is 7.88. The van der Waals surface area contributed by atoms with Crippen LogP contribution in [0.3, 0.4) is 0 Å².